The van der Waals surface area contributed by atoms with E-state index < -0.39 is 0 Å². The van der Waals surface area contributed by atoms with Gasteiger partial charge in [-0.3, -0.25) is 14.6 Å². The van der Waals surface area contributed by atoms with Crippen LogP contribution in [0.1, 0.15) is 42.6 Å². The van der Waals surface area contributed by atoms with E-state index in [2.05, 4.69) is 29.7 Å². The van der Waals surface area contributed by atoms with Crippen LogP contribution in [0.2, 0.25) is 0 Å². The molecule has 24 heavy (non-hydrogen) atoms. The first-order valence-electron chi connectivity index (χ1n) is 9.02. The zero-order chi connectivity index (χ0) is 17.1. The number of benzene rings is 1. The molecule has 0 aliphatic carbocycles. The van der Waals surface area contributed by atoms with Crippen LogP contribution >= 0.6 is 0 Å². The van der Waals surface area contributed by atoms with Gasteiger partial charge in [-0.25, -0.2) is 0 Å². The minimum atomic E-state index is -0.355. The molecule has 2 fully saturated rings. The maximum atomic E-state index is 11.4. The molecule has 0 radical (unpaired) electrons. The molecule has 132 valence electrons. The van der Waals surface area contributed by atoms with Gasteiger partial charge in [0.05, 0.1) is 12.2 Å². The quantitative estimate of drug-likeness (QED) is 0.895. The zero-order valence-electron chi connectivity index (χ0n) is 14.8. The highest BCUT2D eigenvalue weighted by Gasteiger charge is 2.29. The van der Waals surface area contributed by atoms with E-state index >= 15 is 0 Å². The summed E-state index contributed by atoms with van der Waals surface area (Å²) in [5, 5.41) is 0. The van der Waals surface area contributed by atoms with Crippen molar-refractivity contribution in [3.8, 4) is 0 Å². The molecule has 2 N–H and O–H groups in total. The summed E-state index contributed by atoms with van der Waals surface area (Å²) in [6.07, 6.45) is 3.12. The van der Waals surface area contributed by atoms with E-state index in [4.69, 9.17) is 10.5 Å². The fraction of sp³-hybridized carbons (Fsp3) is 0.632. The number of hydrogen-bond donors (Lipinski definition) is 1. The number of nitrogens with zero attached hydrogens (tertiary/aromatic N) is 2. The molecule has 2 heterocycles. The average molecular weight is 331 g/mol. The van der Waals surface area contributed by atoms with E-state index in [0.717, 1.165) is 32.7 Å². The van der Waals surface area contributed by atoms with Crippen LogP contribution in [0.3, 0.4) is 0 Å². The Morgan fingerprint density at radius 1 is 1.29 bits per heavy atom. The Bertz CT molecular complexity index is 567. The topological polar surface area (TPSA) is 58.8 Å². The molecule has 0 spiro atoms. The van der Waals surface area contributed by atoms with E-state index in [1.807, 2.05) is 12.1 Å². The summed E-state index contributed by atoms with van der Waals surface area (Å²) in [4.78, 5) is 16.5. The Morgan fingerprint density at radius 3 is 2.75 bits per heavy atom. The molecule has 1 aromatic carbocycles. The lowest BCUT2D eigenvalue weighted by Crippen LogP contribution is -2.50. The largest absolute Gasteiger partial charge is 0.373 e. The Morgan fingerprint density at radius 2 is 2.04 bits per heavy atom. The third kappa shape index (κ3) is 4.35. The second-order valence-corrected chi connectivity index (χ2v) is 7.31. The molecule has 0 unspecified atom stereocenters. The summed E-state index contributed by atoms with van der Waals surface area (Å²) in [6, 6.07) is 8.30. The molecule has 3 rings (SSSR count). The number of carbonyl (C=O) groups is 1. The summed E-state index contributed by atoms with van der Waals surface area (Å²) in [6.45, 7) is 9.47. The number of carbonyl (C=O) groups excluding carboxylic acids is 1. The third-order valence-electron chi connectivity index (χ3n) is 5.06. The predicted molar refractivity (Wildman–Crippen MR) is 94.8 cm³/mol. The van der Waals surface area contributed by atoms with E-state index in [1.165, 1.54) is 18.4 Å². The van der Waals surface area contributed by atoms with Gasteiger partial charge in [0.15, 0.2) is 0 Å². The average Bonchev–Trinajstić information content (AvgIpc) is 2.93. The molecule has 1 amide bonds. The van der Waals surface area contributed by atoms with Crippen LogP contribution < -0.4 is 5.73 Å². The molecule has 2 aliphatic heterocycles. The van der Waals surface area contributed by atoms with Gasteiger partial charge >= 0.3 is 0 Å². The van der Waals surface area contributed by atoms with Gasteiger partial charge in [0.25, 0.3) is 0 Å². The van der Waals surface area contributed by atoms with Crippen LogP contribution in [-0.2, 0) is 11.3 Å². The molecule has 2 saturated heterocycles. The van der Waals surface area contributed by atoms with Crippen molar-refractivity contribution in [1.29, 1.82) is 0 Å². The van der Waals surface area contributed by atoms with Gasteiger partial charge in [-0.05, 0) is 50.9 Å². The molecule has 5 heteroatoms. The Hall–Kier alpha value is -1.43. The number of rotatable bonds is 5. The van der Waals surface area contributed by atoms with Crippen molar-refractivity contribution in [2.75, 3.05) is 26.2 Å². The first-order valence-corrected chi connectivity index (χ1v) is 9.02. The van der Waals surface area contributed by atoms with Crippen LogP contribution in [0.5, 0.6) is 0 Å². The van der Waals surface area contributed by atoms with Gasteiger partial charge in [-0.1, -0.05) is 12.1 Å². The summed E-state index contributed by atoms with van der Waals surface area (Å²) in [5.74, 6) is -0.355. The smallest absolute Gasteiger partial charge is 0.248 e. The van der Waals surface area contributed by atoms with Gasteiger partial charge in [-0.2, -0.15) is 0 Å². The fourth-order valence-corrected chi connectivity index (χ4v) is 4.10. The molecule has 5 nitrogen and oxygen atoms in total. The van der Waals surface area contributed by atoms with E-state index in [1.54, 1.807) is 6.07 Å². The lowest BCUT2D eigenvalue weighted by molar-refractivity contribution is -0.0724. The summed E-state index contributed by atoms with van der Waals surface area (Å²) in [5.41, 5.74) is 7.16. The maximum absolute atomic E-state index is 11.4. The summed E-state index contributed by atoms with van der Waals surface area (Å²) >= 11 is 0. The molecule has 2 aliphatic rings. The summed E-state index contributed by atoms with van der Waals surface area (Å²) < 4.78 is 5.84. The number of primary amides is 1. The molecule has 0 saturated carbocycles. The first kappa shape index (κ1) is 17.4. The minimum Gasteiger partial charge on any atom is -0.373 e. The number of morpholine rings is 1. The van der Waals surface area contributed by atoms with Gasteiger partial charge in [0.1, 0.15) is 0 Å². The van der Waals surface area contributed by atoms with Gasteiger partial charge in [-0.15, -0.1) is 0 Å². The van der Waals surface area contributed by atoms with Gasteiger partial charge < -0.3 is 10.5 Å². The Labute approximate surface area is 144 Å². The van der Waals surface area contributed by atoms with E-state index in [9.17, 15) is 4.79 Å². The maximum Gasteiger partial charge on any atom is 0.248 e. The van der Waals surface area contributed by atoms with Crippen LogP contribution in [0.25, 0.3) is 0 Å². The number of likely N-dealkylation sites (tertiary alicyclic amines) is 1. The van der Waals surface area contributed by atoms with Crippen molar-refractivity contribution in [2.24, 2.45) is 5.73 Å². The molecular formula is C19H29N3O2. The van der Waals surface area contributed by atoms with Crippen molar-refractivity contribution in [1.82, 2.24) is 9.80 Å². The molecule has 1 aromatic rings. The van der Waals surface area contributed by atoms with Gasteiger partial charge in [0.2, 0.25) is 5.91 Å². The fourth-order valence-electron chi connectivity index (χ4n) is 4.10. The minimum absolute atomic E-state index is 0.316. The van der Waals surface area contributed by atoms with Crippen LogP contribution in [0.4, 0.5) is 0 Å². The van der Waals surface area contributed by atoms with Crippen LogP contribution in [0.15, 0.2) is 24.3 Å². The van der Waals surface area contributed by atoms with Crippen molar-refractivity contribution in [2.45, 2.75) is 51.5 Å². The Kier molecular flexibility index (Phi) is 5.54. The highest BCUT2D eigenvalue weighted by Crippen LogP contribution is 2.23. The van der Waals surface area contributed by atoms with Gasteiger partial charge in [0, 0.05) is 37.8 Å². The standard InChI is InChI=1S/C19H29N3O2/c1-14-10-21(11-15(2)24-14)13-18-7-4-8-22(18)12-16-5-3-6-17(9-16)19(20)23/h3,5-6,9,14-15,18H,4,7-8,10-13H2,1-2H3,(H2,20,23)/t14-,15-,18+/m1/s1. The molecule has 0 aromatic heterocycles. The second kappa shape index (κ2) is 7.64. The third-order valence-corrected chi connectivity index (χ3v) is 5.06. The van der Waals surface area contributed by atoms with E-state index in [0.29, 0.717) is 23.8 Å². The number of amides is 1. The number of ether oxygens (including phenoxy) is 1. The number of nitrogens with two attached hydrogens (primary N) is 1. The molecular weight excluding hydrogens is 302 g/mol. The van der Waals surface area contributed by atoms with Crippen LogP contribution in [-0.4, -0.2) is 60.1 Å². The molecule has 0 bridgehead atoms. The van der Waals surface area contributed by atoms with Crippen molar-refractivity contribution >= 4 is 5.91 Å². The SMILES string of the molecule is C[C@@H]1CN(C[C@@H]2CCCN2Cc2cccc(C(N)=O)c2)C[C@@H](C)O1. The number of hydrogen-bond acceptors (Lipinski definition) is 4. The lowest BCUT2D eigenvalue weighted by atomic mass is 10.1. The van der Waals surface area contributed by atoms with E-state index in [-0.39, 0.29) is 5.91 Å². The first-order chi connectivity index (χ1) is 11.5. The summed E-state index contributed by atoms with van der Waals surface area (Å²) in [7, 11) is 0. The predicted octanol–water partition coefficient (Wildman–Crippen LogP) is 1.86. The highest BCUT2D eigenvalue weighted by molar-refractivity contribution is 5.92. The lowest BCUT2D eigenvalue weighted by Gasteiger charge is -2.38. The monoisotopic (exact) mass is 331 g/mol. The van der Waals surface area contributed by atoms with Crippen molar-refractivity contribution in [3.63, 3.8) is 0 Å². The van der Waals surface area contributed by atoms with Crippen molar-refractivity contribution in [3.05, 3.63) is 35.4 Å². The Balaban J connectivity index is 1.61. The van der Waals surface area contributed by atoms with Crippen molar-refractivity contribution < 1.29 is 9.53 Å². The highest BCUT2D eigenvalue weighted by atomic mass is 16.5. The normalized spacial score (nSPS) is 29.0. The van der Waals surface area contributed by atoms with Crippen LogP contribution in [0, 0.1) is 0 Å². The second-order valence-electron chi connectivity index (χ2n) is 7.31. The zero-order valence-corrected chi connectivity index (χ0v) is 14.8. The molecule has 3 atom stereocenters.